The van der Waals surface area contributed by atoms with Gasteiger partial charge >= 0.3 is 6.01 Å². The lowest BCUT2D eigenvalue weighted by molar-refractivity contribution is -0.131. The first-order valence-corrected chi connectivity index (χ1v) is 16.2. The van der Waals surface area contributed by atoms with E-state index in [2.05, 4.69) is 57.4 Å². The van der Waals surface area contributed by atoms with Crippen molar-refractivity contribution in [3.63, 3.8) is 0 Å². The van der Waals surface area contributed by atoms with Crippen LogP contribution in [0, 0.1) is 6.57 Å². The molecular formula is C34H41F2N7O2. The van der Waals surface area contributed by atoms with Crippen molar-refractivity contribution in [1.82, 2.24) is 24.7 Å². The van der Waals surface area contributed by atoms with E-state index in [0.29, 0.717) is 45.6 Å². The molecular weight excluding hydrogens is 576 g/mol. The van der Waals surface area contributed by atoms with E-state index in [1.54, 1.807) is 0 Å². The van der Waals surface area contributed by atoms with Crippen LogP contribution in [0.3, 0.4) is 0 Å². The number of benzene rings is 1. The molecule has 238 valence electrons. The number of hydrogen-bond donors (Lipinski definition) is 0. The molecule has 3 saturated heterocycles. The van der Waals surface area contributed by atoms with E-state index in [9.17, 15) is 13.6 Å². The molecule has 4 atom stereocenters. The SMILES string of the molecule is [C-]#[N+]C[C@H]1CN(c2nc(OC[C@@]34CCCN3C[C@H](F)C4)nc3c2CN(C)[C@]2(CCCc4ccccc42)C3)CCN1C(=O)C(=C)F. The van der Waals surface area contributed by atoms with Gasteiger partial charge in [-0.1, -0.05) is 30.8 Å². The Hall–Kier alpha value is -3.62. The summed E-state index contributed by atoms with van der Waals surface area (Å²) in [6, 6.07) is 8.49. The van der Waals surface area contributed by atoms with Crippen LogP contribution in [-0.2, 0) is 29.7 Å². The Bertz CT molecular complexity index is 1550. The summed E-state index contributed by atoms with van der Waals surface area (Å²) in [6.07, 6.45) is 5.41. The molecule has 1 aliphatic carbocycles. The molecule has 2 aromatic rings. The predicted molar refractivity (Wildman–Crippen MR) is 166 cm³/mol. The van der Waals surface area contributed by atoms with Crippen LogP contribution in [0.15, 0.2) is 36.7 Å². The second kappa shape index (κ2) is 11.6. The van der Waals surface area contributed by atoms with E-state index in [4.69, 9.17) is 21.3 Å². The van der Waals surface area contributed by atoms with E-state index < -0.39 is 23.9 Å². The van der Waals surface area contributed by atoms with E-state index >= 15 is 0 Å². The Morgan fingerprint density at radius 3 is 2.84 bits per heavy atom. The van der Waals surface area contributed by atoms with Crippen molar-refractivity contribution in [3.05, 3.63) is 70.5 Å². The Balaban J connectivity index is 1.25. The normalized spacial score (nSPS) is 29.6. The first kappa shape index (κ1) is 30.1. The highest BCUT2D eigenvalue weighted by Crippen LogP contribution is 2.47. The number of amides is 1. The molecule has 3 fully saturated rings. The van der Waals surface area contributed by atoms with Crippen LogP contribution in [0.5, 0.6) is 6.01 Å². The molecule has 1 spiro atoms. The van der Waals surface area contributed by atoms with Gasteiger partial charge in [-0.05, 0) is 56.8 Å². The summed E-state index contributed by atoms with van der Waals surface area (Å²) in [7, 11) is 2.17. The first-order chi connectivity index (χ1) is 21.7. The van der Waals surface area contributed by atoms with Gasteiger partial charge < -0.3 is 19.4 Å². The molecule has 5 aliphatic rings. The molecule has 11 heteroatoms. The van der Waals surface area contributed by atoms with E-state index in [1.165, 1.54) is 16.0 Å². The molecule has 4 aliphatic heterocycles. The molecule has 9 nitrogen and oxygen atoms in total. The minimum absolute atomic E-state index is 0.0503. The third-order valence-electron chi connectivity index (χ3n) is 11.0. The second-order valence-electron chi connectivity index (χ2n) is 13.5. The third-order valence-corrected chi connectivity index (χ3v) is 11.0. The van der Waals surface area contributed by atoms with Crippen LogP contribution in [0.25, 0.3) is 4.85 Å². The van der Waals surface area contributed by atoms with Crippen molar-refractivity contribution in [3.8, 4) is 6.01 Å². The standard InChI is InChI=1S/C34H41F2N7O2/c1-23(35)31(44)43-15-14-41(20-26(43)18-37-2)30-27-21-40(3)34(12-6-9-24-8-4-5-10-28(24)34)17-29(27)38-32(39-30)45-22-33-11-7-13-42(33)19-25(36)16-33/h4-5,8,10,25-26H,1,6-7,9,11-22H2,3H3/t25-,26+,33+,34-/m1/s1. The van der Waals surface area contributed by atoms with Crippen LogP contribution < -0.4 is 9.64 Å². The molecule has 7 rings (SSSR count). The van der Waals surface area contributed by atoms with Gasteiger partial charge in [0.05, 0.1) is 16.8 Å². The van der Waals surface area contributed by atoms with Gasteiger partial charge in [0.25, 0.3) is 5.91 Å². The van der Waals surface area contributed by atoms with Crippen LogP contribution >= 0.6 is 0 Å². The maximum Gasteiger partial charge on any atom is 0.318 e. The Labute approximate surface area is 263 Å². The van der Waals surface area contributed by atoms with Crippen molar-refractivity contribution in [2.75, 3.05) is 57.8 Å². The van der Waals surface area contributed by atoms with Crippen molar-refractivity contribution in [1.29, 1.82) is 0 Å². The number of alkyl halides is 1. The van der Waals surface area contributed by atoms with Crippen molar-refractivity contribution < 1.29 is 18.3 Å². The highest BCUT2D eigenvalue weighted by molar-refractivity contribution is 5.91. The van der Waals surface area contributed by atoms with Crippen molar-refractivity contribution in [2.24, 2.45) is 0 Å². The number of rotatable bonds is 6. The van der Waals surface area contributed by atoms with E-state index in [0.717, 1.165) is 55.7 Å². The summed E-state index contributed by atoms with van der Waals surface area (Å²) in [5.41, 5.74) is 4.16. The third kappa shape index (κ3) is 5.16. The summed E-state index contributed by atoms with van der Waals surface area (Å²) in [4.78, 5) is 34.4. The van der Waals surface area contributed by atoms with Gasteiger partial charge in [0.15, 0.2) is 5.83 Å². The second-order valence-corrected chi connectivity index (χ2v) is 13.5. The van der Waals surface area contributed by atoms with Crippen LogP contribution in [0.1, 0.15) is 54.5 Å². The fourth-order valence-electron chi connectivity index (χ4n) is 8.79. The summed E-state index contributed by atoms with van der Waals surface area (Å²) in [6.45, 7) is 14.1. The molecule has 0 bridgehead atoms. The number of ether oxygens (including phenoxy) is 1. The molecule has 0 N–H and O–H groups in total. The smallest absolute Gasteiger partial charge is 0.318 e. The fourth-order valence-corrected chi connectivity index (χ4v) is 8.79. The van der Waals surface area contributed by atoms with E-state index in [-0.39, 0.29) is 30.2 Å². The molecule has 1 aromatic heterocycles. The minimum Gasteiger partial charge on any atom is -0.461 e. The zero-order chi connectivity index (χ0) is 31.3. The largest absolute Gasteiger partial charge is 0.461 e. The topological polar surface area (TPSA) is 69.4 Å². The number of fused-ring (bicyclic) bond motifs is 4. The first-order valence-electron chi connectivity index (χ1n) is 16.2. The lowest BCUT2D eigenvalue weighted by atomic mass is 9.71. The number of aromatic nitrogens is 2. The number of carbonyl (C=O) groups excluding carboxylic acids is 1. The number of anilines is 1. The molecule has 1 amide bonds. The average Bonchev–Trinajstić information content (AvgIpc) is 3.56. The number of aryl methyl sites for hydroxylation is 1. The van der Waals surface area contributed by atoms with Gasteiger partial charge in [-0.15, -0.1) is 0 Å². The monoisotopic (exact) mass is 617 g/mol. The van der Waals surface area contributed by atoms with Gasteiger partial charge in [0.2, 0.25) is 6.54 Å². The van der Waals surface area contributed by atoms with Crippen molar-refractivity contribution in [2.45, 2.75) is 74.8 Å². The van der Waals surface area contributed by atoms with E-state index in [1.807, 2.05) is 0 Å². The Morgan fingerprint density at radius 1 is 1.18 bits per heavy atom. The minimum atomic E-state index is -1.02. The molecule has 45 heavy (non-hydrogen) atoms. The summed E-state index contributed by atoms with van der Waals surface area (Å²) in [5, 5.41) is 0. The summed E-state index contributed by atoms with van der Waals surface area (Å²) >= 11 is 0. The lowest BCUT2D eigenvalue weighted by Crippen LogP contribution is -2.57. The fraction of sp³-hybridized carbons (Fsp3) is 0.588. The number of piperazine rings is 1. The van der Waals surface area contributed by atoms with Crippen molar-refractivity contribution >= 4 is 11.7 Å². The maximum atomic E-state index is 14.5. The number of nitrogens with zero attached hydrogens (tertiary/aromatic N) is 7. The summed E-state index contributed by atoms with van der Waals surface area (Å²) in [5.74, 6) is -1.05. The Kier molecular flexibility index (Phi) is 7.77. The van der Waals surface area contributed by atoms with Crippen LogP contribution in [-0.4, -0.2) is 101 Å². The zero-order valence-corrected chi connectivity index (χ0v) is 26.0. The van der Waals surface area contributed by atoms with Crippen LogP contribution in [0.2, 0.25) is 0 Å². The molecule has 0 saturated carbocycles. The van der Waals surface area contributed by atoms with Gasteiger partial charge in [-0.2, -0.15) is 9.97 Å². The lowest BCUT2D eigenvalue weighted by Gasteiger charge is -2.50. The quantitative estimate of drug-likeness (QED) is 0.358. The maximum absolute atomic E-state index is 14.5. The van der Waals surface area contributed by atoms with Gasteiger partial charge in [0.1, 0.15) is 24.6 Å². The van der Waals surface area contributed by atoms with Gasteiger partial charge in [-0.3, -0.25) is 14.6 Å². The molecule has 1 aromatic carbocycles. The molecule has 5 heterocycles. The van der Waals surface area contributed by atoms with Gasteiger partial charge in [0, 0.05) is 51.1 Å². The molecule has 0 radical (unpaired) electrons. The number of likely N-dealkylation sites (N-methyl/N-ethyl adjacent to an activating group) is 1. The number of carbonyl (C=O) groups is 1. The highest BCUT2D eigenvalue weighted by Gasteiger charge is 2.50. The van der Waals surface area contributed by atoms with Crippen LogP contribution in [0.4, 0.5) is 14.6 Å². The number of halogens is 2. The van der Waals surface area contributed by atoms with Gasteiger partial charge in [-0.25, -0.2) is 15.4 Å². The molecule has 0 unspecified atom stereocenters. The highest BCUT2D eigenvalue weighted by atomic mass is 19.1. The summed E-state index contributed by atoms with van der Waals surface area (Å²) < 4.78 is 34.9. The number of hydrogen-bond acceptors (Lipinski definition) is 7. The Morgan fingerprint density at radius 2 is 2.02 bits per heavy atom. The zero-order valence-electron chi connectivity index (χ0n) is 26.0. The predicted octanol–water partition coefficient (Wildman–Crippen LogP) is 4.07. The average molecular weight is 618 g/mol.